The maximum Gasteiger partial charge on any atom is 0.317 e. The van der Waals surface area contributed by atoms with Crippen LogP contribution in [0.3, 0.4) is 0 Å². The van der Waals surface area contributed by atoms with E-state index >= 15 is 0 Å². The van der Waals surface area contributed by atoms with Gasteiger partial charge in [0, 0.05) is 18.6 Å². The van der Waals surface area contributed by atoms with Crippen LogP contribution in [0.1, 0.15) is 39.5 Å². The van der Waals surface area contributed by atoms with E-state index < -0.39 is 5.97 Å². The van der Waals surface area contributed by atoms with Crippen LogP contribution >= 0.6 is 0 Å². The first kappa shape index (κ1) is 18.2. The summed E-state index contributed by atoms with van der Waals surface area (Å²) in [6.07, 6.45) is 4.18. The molecule has 132 valence electrons. The van der Waals surface area contributed by atoms with Crippen LogP contribution in [0, 0.1) is 11.8 Å². The van der Waals surface area contributed by atoms with E-state index in [4.69, 9.17) is 5.11 Å². The quantitative estimate of drug-likeness (QED) is 0.662. The van der Waals surface area contributed by atoms with Crippen molar-refractivity contribution in [3.05, 3.63) is 0 Å². The van der Waals surface area contributed by atoms with Crippen LogP contribution in [0.25, 0.3) is 0 Å². The standard InChI is InChI=1S/C17H31N3O3/c1-11(2)16(19(3)4)17(23)18-13-7-14(8-13)20(10-15(21)22)9-12-5-6-12/h11-14,16H,5-10H2,1-4H3,(H,18,23)(H,21,22)/t13?,14?,16-/m0/s1. The Morgan fingerprint density at radius 2 is 1.83 bits per heavy atom. The smallest absolute Gasteiger partial charge is 0.317 e. The highest BCUT2D eigenvalue weighted by molar-refractivity contribution is 5.82. The molecular formula is C17H31N3O3. The van der Waals surface area contributed by atoms with E-state index in [1.807, 2.05) is 19.0 Å². The van der Waals surface area contributed by atoms with Crippen molar-refractivity contribution in [3.8, 4) is 0 Å². The molecule has 0 spiro atoms. The molecule has 0 unspecified atom stereocenters. The monoisotopic (exact) mass is 325 g/mol. The van der Waals surface area contributed by atoms with Crippen LogP contribution in [0.4, 0.5) is 0 Å². The maximum absolute atomic E-state index is 12.4. The molecule has 6 heteroatoms. The van der Waals surface area contributed by atoms with Crippen molar-refractivity contribution >= 4 is 11.9 Å². The van der Waals surface area contributed by atoms with Crippen molar-refractivity contribution < 1.29 is 14.7 Å². The summed E-state index contributed by atoms with van der Waals surface area (Å²) in [5.74, 6) is 0.271. The highest BCUT2D eigenvalue weighted by Gasteiger charge is 2.38. The fraction of sp³-hybridized carbons (Fsp3) is 0.882. The number of hydrogen-bond donors (Lipinski definition) is 2. The predicted molar refractivity (Wildman–Crippen MR) is 89.2 cm³/mol. The van der Waals surface area contributed by atoms with E-state index in [1.165, 1.54) is 12.8 Å². The van der Waals surface area contributed by atoms with Crippen LogP contribution < -0.4 is 5.32 Å². The number of nitrogens with one attached hydrogen (secondary N) is 1. The molecule has 0 aliphatic heterocycles. The second-order valence-electron chi connectivity index (χ2n) is 7.75. The number of likely N-dealkylation sites (N-methyl/N-ethyl adjacent to an activating group) is 1. The molecule has 2 aliphatic rings. The number of amides is 1. The predicted octanol–water partition coefficient (Wildman–Crippen LogP) is 1.02. The van der Waals surface area contributed by atoms with Crippen LogP contribution in [0.5, 0.6) is 0 Å². The molecule has 2 aliphatic carbocycles. The van der Waals surface area contributed by atoms with E-state index in [2.05, 4.69) is 24.1 Å². The lowest BCUT2D eigenvalue weighted by Crippen LogP contribution is -2.58. The molecule has 0 saturated heterocycles. The van der Waals surface area contributed by atoms with Crippen LogP contribution in [0.15, 0.2) is 0 Å². The molecular weight excluding hydrogens is 294 g/mol. The number of carbonyl (C=O) groups is 2. The van der Waals surface area contributed by atoms with Gasteiger partial charge in [0.2, 0.25) is 5.91 Å². The molecule has 0 heterocycles. The van der Waals surface area contributed by atoms with Crippen LogP contribution in [-0.4, -0.2) is 72.1 Å². The van der Waals surface area contributed by atoms with Crippen molar-refractivity contribution in [2.45, 2.75) is 57.7 Å². The maximum atomic E-state index is 12.4. The minimum absolute atomic E-state index is 0.0837. The molecule has 1 atom stereocenters. The van der Waals surface area contributed by atoms with E-state index in [0.29, 0.717) is 12.0 Å². The van der Waals surface area contributed by atoms with E-state index in [-0.39, 0.29) is 30.5 Å². The highest BCUT2D eigenvalue weighted by Crippen LogP contribution is 2.33. The zero-order chi connectivity index (χ0) is 17.1. The Bertz CT molecular complexity index is 421. The number of carboxylic acid groups (broad SMARTS) is 1. The minimum Gasteiger partial charge on any atom is -0.480 e. The third-order valence-corrected chi connectivity index (χ3v) is 4.96. The van der Waals surface area contributed by atoms with Gasteiger partial charge >= 0.3 is 5.97 Å². The first-order chi connectivity index (χ1) is 10.8. The molecule has 6 nitrogen and oxygen atoms in total. The normalized spacial score (nSPS) is 25.5. The summed E-state index contributed by atoms with van der Waals surface area (Å²) in [6.45, 7) is 5.12. The number of rotatable bonds is 9. The number of nitrogens with zero attached hydrogens (tertiary/aromatic N) is 2. The Morgan fingerprint density at radius 3 is 2.26 bits per heavy atom. The van der Waals surface area contributed by atoms with Gasteiger partial charge in [0.1, 0.15) is 0 Å². The summed E-state index contributed by atoms with van der Waals surface area (Å²) in [5.41, 5.74) is 0. The fourth-order valence-corrected chi connectivity index (χ4v) is 3.57. The molecule has 0 aromatic heterocycles. The van der Waals surface area contributed by atoms with Gasteiger partial charge in [0.05, 0.1) is 12.6 Å². The topological polar surface area (TPSA) is 72.9 Å². The summed E-state index contributed by atoms with van der Waals surface area (Å²) < 4.78 is 0. The first-order valence-electron chi connectivity index (χ1n) is 8.70. The largest absolute Gasteiger partial charge is 0.480 e. The second-order valence-corrected chi connectivity index (χ2v) is 7.75. The van der Waals surface area contributed by atoms with Crippen molar-refractivity contribution in [1.82, 2.24) is 15.1 Å². The molecule has 0 aromatic rings. The van der Waals surface area contributed by atoms with Gasteiger partial charge in [-0.15, -0.1) is 0 Å². The Hall–Kier alpha value is -1.14. The number of aliphatic carboxylic acids is 1. The SMILES string of the molecule is CC(C)[C@@H](C(=O)NC1CC(N(CC(=O)O)CC2CC2)C1)N(C)C. The van der Waals surface area contributed by atoms with E-state index in [1.54, 1.807) is 0 Å². The third kappa shape index (κ3) is 5.18. The van der Waals surface area contributed by atoms with Gasteiger partial charge in [0.25, 0.3) is 0 Å². The molecule has 23 heavy (non-hydrogen) atoms. The number of hydrogen-bond acceptors (Lipinski definition) is 4. The Balaban J connectivity index is 1.80. The summed E-state index contributed by atoms with van der Waals surface area (Å²) >= 11 is 0. The molecule has 2 rings (SSSR count). The lowest BCUT2D eigenvalue weighted by atomic mass is 9.84. The van der Waals surface area contributed by atoms with Gasteiger partial charge < -0.3 is 10.4 Å². The van der Waals surface area contributed by atoms with Gasteiger partial charge in [-0.2, -0.15) is 0 Å². The van der Waals surface area contributed by atoms with E-state index in [0.717, 1.165) is 19.4 Å². The van der Waals surface area contributed by atoms with Gasteiger partial charge in [-0.25, -0.2) is 0 Å². The van der Waals surface area contributed by atoms with Crippen LogP contribution in [-0.2, 0) is 9.59 Å². The van der Waals surface area contributed by atoms with Crippen molar-refractivity contribution in [2.75, 3.05) is 27.2 Å². The zero-order valence-electron chi connectivity index (χ0n) is 14.8. The summed E-state index contributed by atoms with van der Waals surface area (Å²) in [5, 5.41) is 12.2. The van der Waals surface area contributed by atoms with E-state index in [9.17, 15) is 9.59 Å². The van der Waals surface area contributed by atoms with Gasteiger partial charge in [0.15, 0.2) is 0 Å². The Labute approximate surface area is 139 Å². The third-order valence-electron chi connectivity index (χ3n) is 4.96. The van der Waals surface area contributed by atoms with Gasteiger partial charge in [-0.05, 0) is 51.6 Å². The number of carboxylic acids is 1. The fourth-order valence-electron chi connectivity index (χ4n) is 3.57. The zero-order valence-corrected chi connectivity index (χ0v) is 14.8. The number of carbonyl (C=O) groups excluding carboxylic acids is 1. The average Bonchev–Trinajstić information content (AvgIpc) is 3.14. The molecule has 2 N–H and O–H groups in total. The summed E-state index contributed by atoms with van der Waals surface area (Å²) in [7, 11) is 3.86. The van der Waals surface area contributed by atoms with Crippen LogP contribution in [0.2, 0.25) is 0 Å². The van der Waals surface area contributed by atoms with Crippen molar-refractivity contribution in [1.29, 1.82) is 0 Å². The molecule has 0 radical (unpaired) electrons. The van der Waals surface area contributed by atoms with Crippen molar-refractivity contribution in [2.24, 2.45) is 11.8 Å². The molecule has 2 fully saturated rings. The lowest BCUT2D eigenvalue weighted by molar-refractivity contribution is -0.140. The lowest BCUT2D eigenvalue weighted by Gasteiger charge is -2.43. The Morgan fingerprint density at radius 1 is 1.22 bits per heavy atom. The highest BCUT2D eigenvalue weighted by atomic mass is 16.4. The Kier molecular flexibility index (Phi) is 6.03. The summed E-state index contributed by atoms with van der Waals surface area (Å²) in [4.78, 5) is 27.5. The molecule has 0 aromatic carbocycles. The molecule has 0 bridgehead atoms. The van der Waals surface area contributed by atoms with Crippen molar-refractivity contribution in [3.63, 3.8) is 0 Å². The summed E-state index contributed by atoms with van der Waals surface area (Å²) in [6, 6.07) is 0.369. The second kappa shape index (κ2) is 7.62. The first-order valence-corrected chi connectivity index (χ1v) is 8.70. The van der Waals surface area contributed by atoms with Gasteiger partial charge in [-0.1, -0.05) is 13.8 Å². The molecule has 1 amide bonds. The average molecular weight is 325 g/mol. The molecule has 2 saturated carbocycles. The minimum atomic E-state index is -0.759. The van der Waals surface area contributed by atoms with Gasteiger partial charge in [-0.3, -0.25) is 19.4 Å².